The maximum absolute atomic E-state index is 12.5. The van der Waals surface area contributed by atoms with Crippen LogP contribution in [0.1, 0.15) is 11.3 Å². The average molecular weight is 379 g/mol. The van der Waals surface area contributed by atoms with Crippen LogP contribution in [0.15, 0.2) is 52.9 Å². The number of nitrogens with one attached hydrogen (secondary N) is 1. The Morgan fingerprint density at radius 3 is 2.74 bits per heavy atom. The maximum atomic E-state index is 12.5. The molecule has 0 bridgehead atoms. The van der Waals surface area contributed by atoms with Crippen molar-refractivity contribution in [2.75, 3.05) is 5.32 Å². The Morgan fingerprint density at radius 1 is 1.19 bits per heavy atom. The first-order valence-corrected chi connectivity index (χ1v) is 9.25. The summed E-state index contributed by atoms with van der Waals surface area (Å²) in [7, 11) is 0. The molecule has 3 heterocycles. The number of benzene rings is 1. The van der Waals surface area contributed by atoms with Crippen LogP contribution in [-0.4, -0.2) is 25.2 Å². The van der Waals surface area contributed by atoms with E-state index in [9.17, 15) is 9.59 Å². The van der Waals surface area contributed by atoms with Crippen molar-refractivity contribution in [1.29, 1.82) is 0 Å². The maximum Gasteiger partial charge on any atom is 0.262 e. The van der Waals surface area contributed by atoms with Gasteiger partial charge < -0.3 is 5.32 Å². The minimum Gasteiger partial charge on any atom is -0.309 e. The van der Waals surface area contributed by atoms with Crippen molar-refractivity contribution >= 4 is 33.3 Å². The summed E-state index contributed by atoms with van der Waals surface area (Å²) in [5.41, 5.74) is 2.55. The van der Waals surface area contributed by atoms with Crippen LogP contribution >= 0.6 is 11.3 Å². The van der Waals surface area contributed by atoms with E-state index in [0.29, 0.717) is 16.0 Å². The summed E-state index contributed by atoms with van der Waals surface area (Å²) in [5, 5.41) is 9.62. The number of carbonyl (C=O) groups excluding carboxylic acids is 1. The molecule has 0 aliphatic rings. The predicted octanol–water partition coefficient (Wildman–Crippen LogP) is 2.90. The Balaban J connectivity index is 1.58. The van der Waals surface area contributed by atoms with Gasteiger partial charge in [-0.05, 0) is 37.4 Å². The summed E-state index contributed by atoms with van der Waals surface area (Å²) in [6.45, 7) is 3.76. The van der Waals surface area contributed by atoms with Crippen molar-refractivity contribution in [3.05, 3.63) is 69.7 Å². The van der Waals surface area contributed by atoms with E-state index in [-0.39, 0.29) is 18.0 Å². The van der Waals surface area contributed by atoms with E-state index in [2.05, 4.69) is 15.4 Å². The fraction of sp³-hybridized carbons (Fsp3) is 0.158. The number of aromatic nitrogens is 4. The SMILES string of the molecule is Cc1ccc(-n2nc(C)cc2NC(=O)Cn2cnc3sccc3c2=O)cc1. The monoisotopic (exact) mass is 379 g/mol. The zero-order valence-electron chi connectivity index (χ0n) is 14.8. The molecule has 0 atom stereocenters. The highest BCUT2D eigenvalue weighted by atomic mass is 32.1. The normalized spacial score (nSPS) is 11.0. The Bertz CT molecular complexity index is 1190. The molecular weight excluding hydrogens is 362 g/mol. The highest BCUT2D eigenvalue weighted by Gasteiger charge is 2.13. The van der Waals surface area contributed by atoms with Crippen LogP contribution in [0.25, 0.3) is 15.9 Å². The van der Waals surface area contributed by atoms with Gasteiger partial charge in [-0.2, -0.15) is 5.10 Å². The second-order valence-electron chi connectivity index (χ2n) is 6.28. The molecule has 1 amide bonds. The molecule has 0 saturated carbocycles. The second-order valence-corrected chi connectivity index (χ2v) is 7.18. The fourth-order valence-electron chi connectivity index (χ4n) is 2.81. The van der Waals surface area contributed by atoms with Crippen LogP contribution in [0.5, 0.6) is 0 Å². The van der Waals surface area contributed by atoms with Gasteiger partial charge in [-0.3, -0.25) is 14.2 Å². The molecule has 136 valence electrons. The zero-order chi connectivity index (χ0) is 19.0. The van der Waals surface area contributed by atoms with E-state index in [4.69, 9.17) is 0 Å². The molecule has 0 aliphatic heterocycles. The molecule has 4 rings (SSSR count). The molecule has 8 heteroatoms. The Labute approximate surface area is 158 Å². The Hall–Kier alpha value is -3.26. The van der Waals surface area contributed by atoms with Crippen LogP contribution in [0, 0.1) is 13.8 Å². The number of thiophene rings is 1. The molecule has 0 aliphatic carbocycles. The van der Waals surface area contributed by atoms with Gasteiger partial charge in [0.1, 0.15) is 17.2 Å². The number of amides is 1. The lowest BCUT2D eigenvalue weighted by atomic mass is 10.2. The van der Waals surface area contributed by atoms with E-state index in [0.717, 1.165) is 16.9 Å². The van der Waals surface area contributed by atoms with Gasteiger partial charge in [-0.25, -0.2) is 9.67 Å². The lowest BCUT2D eigenvalue weighted by molar-refractivity contribution is -0.116. The average Bonchev–Trinajstić information content (AvgIpc) is 3.25. The third-order valence-corrected chi connectivity index (χ3v) is 4.96. The van der Waals surface area contributed by atoms with Gasteiger partial charge in [0.2, 0.25) is 5.91 Å². The quantitative estimate of drug-likeness (QED) is 0.591. The first-order valence-electron chi connectivity index (χ1n) is 8.37. The number of carbonyl (C=O) groups is 1. The van der Waals surface area contributed by atoms with Crippen molar-refractivity contribution in [2.24, 2.45) is 0 Å². The summed E-state index contributed by atoms with van der Waals surface area (Å²) in [5.74, 6) is 0.237. The van der Waals surface area contributed by atoms with E-state index in [1.165, 1.54) is 22.2 Å². The number of hydrogen-bond acceptors (Lipinski definition) is 5. The number of fused-ring (bicyclic) bond motifs is 1. The number of aryl methyl sites for hydroxylation is 2. The van der Waals surface area contributed by atoms with Crippen LogP contribution in [-0.2, 0) is 11.3 Å². The summed E-state index contributed by atoms with van der Waals surface area (Å²) in [6, 6.07) is 11.4. The molecule has 4 aromatic rings. The third kappa shape index (κ3) is 3.39. The summed E-state index contributed by atoms with van der Waals surface area (Å²) in [4.78, 5) is 29.8. The molecule has 0 spiro atoms. The van der Waals surface area contributed by atoms with Gasteiger partial charge >= 0.3 is 0 Å². The number of rotatable bonds is 4. The minimum atomic E-state index is -0.318. The molecule has 27 heavy (non-hydrogen) atoms. The summed E-state index contributed by atoms with van der Waals surface area (Å²) < 4.78 is 2.99. The Kier molecular flexibility index (Phi) is 4.33. The third-order valence-electron chi connectivity index (χ3n) is 4.14. The molecule has 0 unspecified atom stereocenters. The van der Waals surface area contributed by atoms with Crippen molar-refractivity contribution in [1.82, 2.24) is 19.3 Å². The van der Waals surface area contributed by atoms with Gasteiger partial charge in [0.25, 0.3) is 5.56 Å². The van der Waals surface area contributed by atoms with Crippen molar-refractivity contribution < 1.29 is 4.79 Å². The van der Waals surface area contributed by atoms with Gasteiger partial charge in [0.05, 0.1) is 23.1 Å². The van der Waals surface area contributed by atoms with Gasteiger partial charge in [-0.1, -0.05) is 17.7 Å². The van der Waals surface area contributed by atoms with Crippen molar-refractivity contribution in [3.63, 3.8) is 0 Å². The smallest absolute Gasteiger partial charge is 0.262 e. The Morgan fingerprint density at radius 2 is 1.96 bits per heavy atom. The summed E-state index contributed by atoms with van der Waals surface area (Å²) >= 11 is 1.40. The highest BCUT2D eigenvalue weighted by Crippen LogP contribution is 2.18. The lowest BCUT2D eigenvalue weighted by Gasteiger charge is -2.10. The minimum absolute atomic E-state index is 0.115. The van der Waals surface area contributed by atoms with Crippen molar-refractivity contribution in [2.45, 2.75) is 20.4 Å². The lowest BCUT2D eigenvalue weighted by Crippen LogP contribution is -2.28. The topological polar surface area (TPSA) is 81.8 Å². The van der Waals surface area contributed by atoms with E-state index in [1.807, 2.05) is 43.5 Å². The van der Waals surface area contributed by atoms with E-state index >= 15 is 0 Å². The highest BCUT2D eigenvalue weighted by molar-refractivity contribution is 7.16. The number of nitrogens with zero attached hydrogens (tertiary/aromatic N) is 4. The second kappa shape index (κ2) is 6.81. The van der Waals surface area contributed by atoms with E-state index < -0.39 is 0 Å². The molecule has 0 fully saturated rings. The molecule has 0 radical (unpaired) electrons. The van der Waals surface area contributed by atoms with Crippen LogP contribution in [0.4, 0.5) is 5.82 Å². The largest absolute Gasteiger partial charge is 0.309 e. The fourth-order valence-corrected chi connectivity index (χ4v) is 3.54. The zero-order valence-corrected chi connectivity index (χ0v) is 15.7. The van der Waals surface area contributed by atoms with E-state index in [1.54, 1.807) is 16.8 Å². The predicted molar refractivity (Wildman–Crippen MR) is 106 cm³/mol. The molecule has 1 aromatic carbocycles. The molecule has 3 aromatic heterocycles. The number of hydrogen-bond donors (Lipinski definition) is 1. The first kappa shape index (κ1) is 17.2. The van der Waals surface area contributed by atoms with Crippen LogP contribution in [0.2, 0.25) is 0 Å². The van der Waals surface area contributed by atoms with Gasteiger partial charge in [0.15, 0.2) is 0 Å². The van der Waals surface area contributed by atoms with Gasteiger partial charge in [-0.15, -0.1) is 11.3 Å². The van der Waals surface area contributed by atoms with Crippen LogP contribution in [0.3, 0.4) is 0 Å². The number of anilines is 1. The molecule has 7 nitrogen and oxygen atoms in total. The standard InChI is InChI=1S/C19H17N5O2S/c1-12-3-5-14(6-4-12)24-16(9-13(2)22-24)21-17(25)10-23-11-20-18-15(19(23)26)7-8-27-18/h3-9,11H,10H2,1-2H3,(H,21,25). The first-order chi connectivity index (χ1) is 13.0. The molecular formula is C19H17N5O2S. The van der Waals surface area contributed by atoms with Crippen LogP contribution < -0.4 is 10.9 Å². The molecule has 1 N–H and O–H groups in total. The van der Waals surface area contributed by atoms with Gasteiger partial charge in [0, 0.05) is 6.07 Å². The molecule has 0 saturated heterocycles. The summed E-state index contributed by atoms with van der Waals surface area (Å²) in [6.07, 6.45) is 1.41. The van der Waals surface area contributed by atoms with Crippen molar-refractivity contribution in [3.8, 4) is 5.69 Å².